The molecule has 0 aromatic heterocycles. The number of carbonyl (C=O) groups excluding carboxylic acids is 1. The van der Waals surface area contributed by atoms with Crippen molar-refractivity contribution in [3.8, 4) is 5.75 Å². The van der Waals surface area contributed by atoms with Crippen LogP contribution in [-0.2, 0) is 36.1 Å². The predicted octanol–water partition coefficient (Wildman–Crippen LogP) is 3.28. The zero-order valence-corrected chi connectivity index (χ0v) is 18.1. The number of hydrogen-bond acceptors (Lipinski definition) is 5. The fourth-order valence-electron chi connectivity index (χ4n) is 3.76. The zero-order valence-electron chi connectivity index (χ0n) is 17.2. The molecule has 0 bridgehead atoms. The van der Waals surface area contributed by atoms with Crippen molar-refractivity contribution >= 4 is 15.7 Å². The summed E-state index contributed by atoms with van der Waals surface area (Å²) in [6, 6.07) is 20.4. The molecular formula is C24H24N2O4S. The van der Waals surface area contributed by atoms with Crippen LogP contribution >= 0.6 is 0 Å². The van der Waals surface area contributed by atoms with Crippen molar-refractivity contribution in [1.29, 1.82) is 0 Å². The van der Waals surface area contributed by atoms with Crippen LogP contribution in [0.1, 0.15) is 32.6 Å². The maximum Gasteiger partial charge on any atom is 0.252 e. The summed E-state index contributed by atoms with van der Waals surface area (Å²) >= 11 is 0. The van der Waals surface area contributed by atoms with Gasteiger partial charge in [-0.25, -0.2) is 8.42 Å². The van der Waals surface area contributed by atoms with Crippen molar-refractivity contribution in [2.45, 2.75) is 31.1 Å². The molecule has 0 atom stereocenters. The second-order valence-electron chi connectivity index (χ2n) is 7.81. The Bertz CT molecular complexity index is 1200. The third-order valence-electron chi connectivity index (χ3n) is 5.37. The second-order valence-corrected chi connectivity index (χ2v) is 9.83. The summed E-state index contributed by atoms with van der Waals surface area (Å²) in [5.41, 5.74) is 10.4. The van der Waals surface area contributed by atoms with Gasteiger partial charge < -0.3 is 10.5 Å². The van der Waals surface area contributed by atoms with E-state index in [1.54, 1.807) is 36.4 Å². The maximum absolute atomic E-state index is 12.0. The third-order valence-corrected chi connectivity index (χ3v) is 6.50. The lowest BCUT2D eigenvalue weighted by molar-refractivity contribution is 0.0995. The number of benzene rings is 3. The number of rotatable bonds is 7. The molecule has 0 radical (unpaired) electrons. The summed E-state index contributed by atoms with van der Waals surface area (Å²) in [4.78, 5) is 14.6. The van der Waals surface area contributed by atoms with E-state index >= 15 is 0 Å². The molecule has 3 aromatic rings. The fourth-order valence-corrected chi connectivity index (χ4v) is 4.39. The Hall–Kier alpha value is -3.16. The summed E-state index contributed by atoms with van der Waals surface area (Å²) in [5.74, 6) is -0.137. The highest BCUT2D eigenvalue weighted by Gasteiger charge is 2.19. The highest BCUT2D eigenvalue weighted by Crippen LogP contribution is 2.26. The molecule has 0 saturated carbocycles. The number of amides is 1. The minimum atomic E-state index is -3.24. The molecule has 0 spiro atoms. The van der Waals surface area contributed by atoms with Crippen LogP contribution in [0.15, 0.2) is 71.6 Å². The second kappa shape index (κ2) is 8.53. The molecule has 31 heavy (non-hydrogen) atoms. The summed E-state index contributed by atoms with van der Waals surface area (Å²) in [7, 11) is -3.24. The van der Waals surface area contributed by atoms with Gasteiger partial charge in [-0.1, -0.05) is 42.5 Å². The molecule has 1 aliphatic heterocycles. The van der Waals surface area contributed by atoms with Crippen LogP contribution in [0.5, 0.6) is 5.75 Å². The number of fused-ring (bicyclic) bond motifs is 1. The lowest BCUT2D eigenvalue weighted by atomic mass is 10.1. The summed E-state index contributed by atoms with van der Waals surface area (Å²) in [6.07, 6.45) is 1.17. The van der Waals surface area contributed by atoms with E-state index in [9.17, 15) is 13.2 Å². The third kappa shape index (κ3) is 4.95. The van der Waals surface area contributed by atoms with E-state index in [1.807, 2.05) is 18.2 Å². The maximum atomic E-state index is 12.0. The number of hydrogen-bond donors (Lipinski definition) is 1. The molecule has 1 aliphatic rings. The van der Waals surface area contributed by atoms with Gasteiger partial charge in [0.15, 0.2) is 9.84 Å². The van der Waals surface area contributed by atoms with Crippen molar-refractivity contribution in [1.82, 2.24) is 4.90 Å². The number of nitrogens with zero attached hydrogens (tertiary/aromatic N) is 1. The summed E-state index contributed by atoms with van der Waals surface area (Å²) in [6.45, 7) is 2.67. The zero-order chi connectivity index (χ0) is 22.0. The van der Waals surface area contributed by atoms with E-state index in [4.69, 9.17) is 10.5 Å². The first kappa shape index (κ1) is 21.1. The van der Waals surface area contributed by atoms with Crippen molar-refractivity contribution in [3.05, 3.63) is 94.5 Å². The van der Waals surface area contributed by atoms with Crippen LogP contribution in [0, 0.1) is 0 Å². The highest BCUT2D eigenvalue weighted by molar-refractivity contribution is 7.90. The SMILES string of the molecule is CS(=O)(=O)c1ccc(COc2ccc(CN3Cc4ccccc4C3)cc2C(N)=O)cc1. The lowest BCUT2D eigenvalue weighted by Gasteiger charge is -2.17. The van der Waals surface area contributed by atoms with Crippen LogP contribution in [0.25, 0.3) is 0 Å². The number of primary amides is 1. The average molecular weight is 437 g/mol. The molecule has 6 nitrogen and oxygen atoms in total. The Morgan fingerprint density at radius 3 is 2.16 bits per heavy atom. The van der Waals surface area contributed by atoms with Gasteiger partial charge in [0.2, 0.25) is 0 Å². The Kier molecular flexibility index (Phi) is 5.80. The van der Waals surface area contributed by atoms with Crippen LogP contribution in [0.3, 0.4) is 0 Å². The van der Waals surface area contributed by atoms with Crippen molar-refractivity contribution in [2.24, 2.45) is 5.73 Å². The van der Waals surface area contributed by atoms with Crippen LogP contribution in [0.4, 0.5) is 0 Å². The molecular weight excluding hydrogens is 412 g/mol. The van der Waals surface area contributed by atoms with Gasteiger partial charge in [-0.2, -0.15) is 0 Å². The Balaban J connectivity index is 1.45. The van der Waals surface area contributed by atoms with Crippen LogP contribution < -0.4 is 10.5 Å². The molecule has 3 aromatic carbocycles. The molecule has 1 amide bonds. The number of sulfone groups is 1. The molecule has 0 saturated heterocycles. The van der Waals surface area contributed by atoms with Crippen LogP contribution in [-0.4, -0.2) is 25.5 Å². The molecule has 4 rings (SSSR count). The molecule has 0 fully saturated rings. The van der Waals surface area contributed by atoms with E-state index in [0.717, 1.165) is 24.2 Å². The standard InChI is InChI=1S/C24H24N2O4S/c1-31(28,29)21-9-6-17(7-10-21)16-30-23-11-8-18(12-22(23)24(25)27)13-26-14-19-4-2-3-5-20(19)15-26/h2-12H,13-16H2,1H3,(H2,25,27). The lowest BCUT2D eigenvalue weighted by Crippen LogP contribution is -2.17. The summed E-state index contributed by atoms with van der Waals surface area (Å²) in [5, 5.41) is 0. The Morgan fingerprint density at radius 1 is 0.968 bits per heavy atom. The first-order valence-electron chi connectivity index (χ1n) is 9.93. The molecule has 7 heteroatoms. The molecule has 160 valence electrons. The average Bonchev–Trinajstić information content (AvgIpc) is 3.14. The van der Waals surface area contributed by atoms with Gasteiger partial charge in [0, 0.05) is 25.9 Å². The molecule has 2 N–H and O–H groups in total. The Morgan fingerprint density at radius 2 is 1.58 bits per heavy atom. The van der Waals surface area contributed by atoms with Crippen molar-refractivity contribution in [2.75, 3.05) is 6.26 Å². The monoisotopic (exact) mass is 436 g/mol. The van der Waals surface area contributed by atoms with Crippen molar-refractivity contribution in [3.63, 3.8) is 0 Å². The first-order chi connectivity index (χ1) is 14.8. The van der Waals surface area contributed by atoms with E-state index in [-0.39, 0.29) is 11.5 Å². The fraction of sp³-hybridized carbons (Fsp3) is 0.208. The normalized spacial score (nSPS) is 13.7. The minimum absolute atomic E-state index is 0.200. The summed E-state index contributed by atoms with van der Waals surface area (Å²) < 4.78 is 29.0. The van der Waals surface area contributed by atoms with E-state index in [2.05, 4.69) is 17.0 Å². The molecule has 0 aliphatic carbocycles. The van der Waals surface area contributed by atoms with Gasteiger partial charge in [-0.05, 0) is 46.5 Å². The molecule has 1 heterocycles. The number of ether oxygens (including phenoxy) is 1. The van der Waals surface area contributed by atoms with Gasteiger partial charge in [0.1, 0.15) is 12.4 Å². The number of carbonyl (C=O) groups is 1. The van der Waals surface area contributed by atoms with E-state index < -0.39 is 15.7 Å². The van der Waals surface area contributed by atoms with Gasteiger partial charge in [-0.3, -0.25) is 9.69 Å². The topological polar surface area (TPSA) is 89.7 Å². The van der Waals surface area contributed by atoms with Crippen LogP contribution in [0.2, 0.25) is 0 Å². The minimum Gasteiger partial charge on any atom is -0.488 e. The van der Waals surface area contributed by atoms with E-state index in [0.29, 0.717) is 17.9 Å². The predicted molar refractivity (Wildman–Crippen MR) is 118 cm³/mol. The highest BCUT2D eigenvalue weighted by atomic mass is 32.2. The molecule has 0 unspecified atom stereocenters. The van der Waals surface area contributed by atoms with Gasteiger partial charge >= 0.3 is 0 Å². The first-order valence-corrected chi connectivity index (χ1v) is 11.8. The smallest absolute Gasteiger partial charge is 0.252 e. The largest absolute Gasteiger partial charge is 0.488 e. The van der Waals surface area contributed by atoms with Gasteiger partial charge in [-0.15, -0.1) is 0 Å². The van der Waals surface area contributed by atoms with Crippen molar-refractivity contribution < 1.29 is 17.9 Å². The number of nitrogens with two attached hydrogens (primary N) is 1. The van der Waals surface area contributed by atoms with Gasteiger partial charge in [0.25, 0.3) is 5.91 Å². The quantitative estimate of drug-likeness (QED) is 0.614. The van der Waals surface area contributed by atoms with E-state index in [1.165, 1.54) is 17.4 Å². The van der Waals surface area contributed by atoms with Gasteiger partial charge in [0.05, 0.1) is 10.5 Å². The Labute approximate surface area is 182 Å².